The molecule has 2 amide bonds. The molecule has 8 heteroatoms. The van der Waals surface area contributed by atoms with Gasteiger partial charge in [0.1, 0.15) is 18.7 Å². The number of ether oxygens (including phenoxy) is 1. The van der Waals surface area contributed by atoms with Gasteiger partial charge in [0.15, 0.2) is 0 Å². The van der Waals surface area contributed by atoms with E-state index in [9.17, 15) is 9.59 Å². The van der Waals surface area contributed by atoms with Crippen LogP contribution in [0.3, 0.4) is 0 Å². The molecule has 1 aromatic carbocycles. The summed E-state index contributed by atoms with van der Waals surface area (Å²) in [6.07, 6.45) is 2.86. The van der Waals surface area contributed by atoms with Crippen molar-refractivity contribution in [1.29, 1.82) is 0 Å². The molecule has 0 aliphatic rings. The lowest BCUT2D eigenvalue weighted by Crippen LogP contribution is -2.28. The van der Waals surface area contributed by atoms with Crippen molar-refractivity contribution in [3.8, 4) is 0 Å². The summed E-state index contributed by atoms with van der Waals surface area (Å²) in [5, 5.41) is 9.55. The summed E-state index contributed by atoms with van der Waals surface area (Å²) in [5.74, 6) is -0.439. The van der Waals surface area contributed by atoms with Gasteiger partial charge in [-0.3, -0.25) is 9.59 Å². The number of hydrogen-bond acceptors (Lipinski definition) is 5. The number of aromatic nitrogens is 3. The number of nitrogens with one attached hydrogen (secondary N) is 2. The normalized spacial score (nSPS) is 11.8. The third-order valence-corrected chi connectivity index (χ3v) is 3.64. The molecule has 24 heavy (non-hydrogen) atoms. The fourth-order valence-corrected chi connectivity index (χ4v) is 2.15. The molecule has 2 aromatic rings. The molecule has 2 N–H and O–H groups in total. The van der Waals surface area contributed by atoms with Crippen LogP contribution in [0.2, 0.25) is 0 Å². The largest absolute Gasteiger partial charge is 0.383 e. The van der Waals surface area contributed by atoms with Crippen molar-refractivity contribution >= 4 is 17.5 Å². The third kappa shape index (κ3) is 4.17. The third-order valence-electron chi connectivity index (χ3n) is 3.64. The van der Waals surface area contributed by atoms with E-state index < -0.39 is 6.04 Å². The number of hydrogen-bond donors (Lipinski definition) is 2. The second-order valence-corrected chi connectivity index (χ2v) is 5.27. The van der Waals surface area contributed by atoms with Crippen LogP contribution in [-0.4, -0.2) is 46.8 Å². The molecule has 0 spiro atoms. The zero-order valence-electron chi connectivity index (χ0n) is 13.9. The lowest BCUT2D eigenvalue weighted by Gasteiger charge is -2.15. The van der Waals surface area contributed by atoms with E-state index in [4.69, 9.17) is 4.74 Å². The maximum atomic E-state index is 12.3. The maximum absolute atomic E-state index is 12.3. The Labute approximate surface area is 140 Å². The SMILES string of the molecule is COCCNC(=O)c1cccc(NC(=O)C(C)n2cncn2)c1C. The molecule has 0 bridgehead atoms. The van der Waals surface area contributed by atoms with Gasteiger partial charge in [-0.05, 0) is 31.5 Å². The van der Waals surface area contributed by atoms with Crippen LogP contribution in [0.25, 0.3) is 0 Å². The summed E-state index contributed by atoms with van der Waals surface area (Å²) < 4.78 is 6.38. The van der Waals surface area contributed by atoms with Crippen molar-refractivity contribution in [3.63, 3.8) is 0 Å². The lowest BCUT2D eigenvalue weighted by molar-refractivity contribution is -0.119. The highest BCUT2D eigenvalue weighted by atomic mass is 16.5. The highest BCUT2D eigenvalue weighted by Crippen LogP contribution is 2.20. The monoisotopic (exact) mass is 331 g/mol. The maximum Gasteiger partial charge on any atom is 0.251 e. The van der Waals surface area contributed by atoms with Crippen molar-refractivity contribution in [2.75, 3.05) is 25.6 Å². The Morgan fingerprint density at radius 3 is 2.83 bits per heavy atom. The predicted octanol–water partition coefficient (Wildman–Crippen LogP) is 1.16. The van der Waals surface area contributed by atoms with Crippen LogP contribution in [-0.2, 0) is 9.53 Å². The van der Waals surface area contributed by atoms with Crippen LogP contribution >= 0.6 is 0 Å². The second-order valence-electron chi connectivity index (χ2n) is 5.27. The van der Waals surface area contributed by atoms with Gasteiger partial charge in [0.05, 0.1) is 6.61 Å². The minimum atomic E-state index is -0.508. The number of rotatable bonds is 7. The van der Waals surface area contributed by atoms with Crippen molar-refractivity contribution < 1.29 is 14.3 Å². The van der Waals surface area contributed by atoms with E-state index in [2.05, 4.69) is 20.7 Å². The molecule has 1 aromatic heterocycles. The zero-order valence-corrected chi connectivity index (χ0v) is 13.9. The minimum absolute atomic E-state index is 0.204. The molecular weight excluding hydrogens is 310 g/mol. The number of methoxy groups -OCH3 is 1. The van der Waals surface area contributed by atoms with E-state index in [1.807, 2.05) is 0 Å². The molecule has 1 unspecified atom stereocenters. The average Bonchev–Trinajstić information content (AvgIpc) is 3.10. The summed E-state index contributed by atoms with van der Waals surface area (Å²) in [6.45, 7) is 4.38. The summed E-state index contributed by atoms with van der Waals surface area (Å²) in [6, 6.07) is 4.70. The summed E-state index contributed by atoms with van der Waals surface area (Å²) in [7, 11) is 1.57. The molecule has 0 radical (unpaired) electrons. The first-order chi connectivity index (χ1) is 11.5. The number of benzene rings is 1. The topological polar surface area (TPSA) is 98.1 Å². The Hall–Kier alpha value is -2.74. The van der Waals surface area contributed by atoms with Gasteiger partial charge in [-0.15, -0.1) is 0 Å². The molecule has 2 rings (SSSR count). The van der Waals surface area contributed by atoms with E-state index >= 15 is 0 Å². The van der Waals surface area contributed by atoms with Crippen LogP contribution < -0.4 is 10.6 Å². The average molecular weight is 331 g/mol. The number of carbonyl (C=O) groups excluding carboxylic acids is 2. The molecule has 1 heterocycles. The number of amides is 2. The second kappa shape index (κ2) is 8.21. The Kier molecular flexibility index (Phi) is 6.02. The van der Waals surface area contributed by atoms with Crippen LogP contribution in [0.1, 0.15) is 28.9 Å². The molecule has 0 fully saturated rings. The molecule has 128 valence electrons. The van der Waals surface area contributed by atoms with E-state index in [1.54, 1.807) is 39.2 Å². The molecule has 0 saturated carbocycles. The zero-order chi connectivity index (χ0) is 17.5. The van der Waals surface area contributed by atoms with Gasteiger partial charge in [-0.2, -0.15) is 5.10 Å². The van der Waals surface area contributed by atoms with Crippen molar-refractivity contribution in [2.24, 2.45) is 0 Å². The van der Waals surface area contributed by atoms with Crippen molar-refractivity contribution in [3.05, 3.63) is 42.0 Å². The Balaban J connectivity index is 2.09. The Morgan fingerprint density at radius 2 is 2.17 bits per heavy atom. The fourth-order valence-electron chi connectivity index (χ4n) is 2.15. The molecule has 8 nitrogen and oxygen atoms in total. The lowest BCUT2D eigenvalue weighted by atomic mass is 10.1. The van der Waals surface area contributed by atoms with Gasteiger partial charge in [0.2, 0.25) is 5.91 Å². The summed E-state index contributed by atoms with van der Waals surface area (Å²) in [5.41, 5.74) is 1.80. The highest BCUT2D eigenvalue weighted by Gasteiger charge is 2.18. The first kappa shape index (κ1) is 17.6. The number of carbonyl (C=O) groups is 2. The molecule has 1 atom stereocenters. The van der Waals surface area contributed by atoms with Crippen molar-refractivity contribution in [1.82, 2.24) is 20.1 Å². The standard InChI is InChI=1S/C16H21N5O3/c1-11-13(16(23)18-7-8-24-3)5-4-6-14(11)20-15(22)12(2)21-10-17-9-19-21/h4-6,9-10,12H,7-8H2,1-3H3,(H,18,23)(H,20,22). The van der Waals surface area contributed by atoms with Crippen molar-refractivity contribution in [2.45, 2.75) is 19.9 Å². The van der Waals surface area contributed by atoms with Gasteiger partial charge in [-0.1, -0.05) is 6.07 Å². The number of anilines is 1. The van der Waals surface area contributed by atoms with Crippen LogP contribution in [0.5, 0.6) is 0 Å². The van der Waals surface area contributed by atoms with Gasteiger partial charge in [0.25, 0.3) is 5.91 Å². The summed E-state index contributed by atoms with van der Waals surface area (Å²) >= 11 is 0. The molecule has 0 saturated heterocycles. The van der Waals surface area contributed by atoms with Gasteiger partial charge < -0.3 is 15.4 Å². The van der Waals surface area contributed by atoms with E-state index in [-0.39, 0.29) is 11.8 Å². The van der Waals surface area contributed by atoms with Crippen LogP contribution in [0, 0.1) is 6.92 Å². The quantitative estimate of drug-likeness (QED) is 0.742. The van der Waals surface area contributed by atoms with Gasteiger partial charge in [-0.25, -0.2) is 9.67 Å². The minimum Gasteiger partial charge on any atom is -0.383 e. The molecule has 0 aliphatic heterocycles. The molecular formula is C16H21N5O3. The highest BCUT2D eigenvalue weighted by molar-refractivity contribution is 6.00. The van der Waals surface area contributed by atoms with Crippen LogP contribution in [0.4, 0.5) is 5.69 Å². The van der Waals surface area contributed by atoms with Crippen LogP contribution in [0.15, 0.2) is 30.9 Å². The summed E-state index contributed by atoms with van der Waals surface area (Å²) in [4.78, 5) is 28.4. The van der Waals surface area contributed by atoms with E-state index in [0.29, 0.717) is 30.0 Å². The number of nitrogens with zero attached hydrogens (tertiary/aromatic N) is 3. The van der Waals surface area contributed by atoms with E-state index in [1.165, 1.54) is 17.3 Å². The first-order valence-electron chi connectivity index (χ1n) is 7.56. The Bertz CT molecular complexity index is 700. The van der Waals surface area contributed by atoms with E-state index in [0.717, 1.165) is 0 Å². The smallest absolute Gasteiger partial charge is 0.251 e. The fraction of sp³-hybridized carbons (Fsp3) is 0.375. The molecule has 0 aliphatic carbocycles. The van der Waals surface area contributed by atoms with Gasteiger partial charge in [0, 0.05) is 24.9 Å². The first-order valence-corrected chi connectivity index (χ1v) is 7.56. The Morgan fingerprint density at radius 1 is 1.38 bits per heavy atom. The predicted molar refractivity (Wildman–Crippen MR) is 88.8 cm³/mol. The van der Waals surface area contributed by atoms with Gasteiger partial charge >= 0.3 is 0 Å².